The Morgan fingerprint density at radius 1 is 1.44 bits per heavy atom. The molecule has 5 nitrogen and oxygen atoms in total. The third-order valence-electron chi connectivity index (χ3n) is 2.87. The topological polar surface area (TPSA) is 58.6 Å². The van der Waals surface area contributed by atoms with Crippen molar-refractivity contribution >= 4 is 12.0 Å². The molecule has 2 rings (SSSR count). The predicted molar refractivity (Wildman–Crippen MR) is 57.9 cm³/mol. The van der Waals surface area contributed by atoms with Crippen LogP contribution in [0.1, 0.15) is 33.6 Å². The van der Waals surface area contributed by atoms with Crippen LogP contribution in [0.5, 0.6) is 0 Å². The highest BCUT2D eigenvalue weighted by Gasteiger charge is 2.50. The molecule has 2 aliphatic rings. The molecule has 2 saturated heterocycles. The molecule has 1 N–H and O–H groups in total. The Morgan fingerprint density at radius 2 is 2.06 bits per heavy atom. The van der Waals surface area contributed by atoms with Crippen molar-refractivity contribution < 1.29 is 14.3 Å². The monoisotopic (exact) mass is 226 g/mol. The van der Waals surface area contributed by atoms with E-state index >= 15 is 0 Å². The van der Waals surface area contributed by atoms with Crippen LogP contribution in [0.2, 0.25) is 0 Å². The van der Waals surface area contributed by atoms with Gasteiger partial charge in [0.1, 0.15) is 5.60 Å². The molecule has 16 heavy (non-hydrogen) atoms. The van der Waals surface area contributed by atoms with E-state index in [0.717, 1.165) is 6.42 Å². The van der Waals surface area contributed by atoms with Crippen molar-refractivity contribution in [2.45, 2.75) is 44.8 Å². The van der Waals surface area contributed by atoms with E-state index in [1.807, 2.05) is 20.8 Å². The summed E-state index contributed by atoms with van der Waals surface area (Å²) in [7, 11) is 0. The second-order valence-electron chi connectivity index (χ2n) is 5.66. The SMILES string of the molecule is CC(C)(C)OC(=O)N1CC2(CCC(=O)N2)C1. The number of amides is 2. The molecule has 2 aliphatic heterocycles. The van der Waals surface area contributed by atoms with E-state index in [0.29, 0.717) is 19.5 Å². The molecule has 2 amide bonds. The number of rotatable bonds is 0. The number of hydrogen-bond donors (Lipinski definition) is 1. The molecule has 0 aromatic carbocycles. The summed E-state index contributed by atoms with van der Waals surface area (Å²) in [4.78, 5) is 24.4. The Kier molecular flexibility index (Phi) is 2.36. The van der Waals surface area contributed by atoms with Crippen LogP contribution >= 0.6 is 0 Å². The van der Waals surface area contributed by atoms with E-state index in [9.17, 15) is 9.59 Å². The standard InChI is InChI=1S/C11H18N2O3/c1-10(2,3)16-9(15)13-6-11(7-13)5-4-8(14)12-11/h4-7H2,1-3H3,(H,12,14). The number of carbonyl (C=O) groups excluding carboxylic acids is 2. The van der Waals surface area contributed by atoms with Crippen LogP contribution in [-0.2, 0) is 9.53 Å². The fraction of sp³-hybridized carbons (Fsp3) is 0.818. The van der Waals surface area contributed by atoms with E-state index in [4.69, 9.17) is 4.74 Å². The summed E-state index contributed by atoms with van der Waals surface area (Å²) in [6.45, 7) is 6.69. The van der Waals surface area contributed by atoms with Gasteiger partial charge >= 0.3 is 6.09 Å². The molecule has 0 bridgehead atoms. The largest absolute Gasteiger partial charge is 0.444 e. The predicted octanol–water partition coefficient (Wildman–Crippen LogP) is 0.886. The summed E-state index contributed by atoms with van der Waals surface area (Å²) in [6.07, 6.45) is 1.10. The maximum absolute atomic E-state index is 11.7. The van der Waals surface area contributed by atoms with Gasteiger partial charge in [0.2, 0.25) is 5.91 Å². The summed E-state index contributed by atoms with van der Waals surface area (Å²) in [5, 5.41) is 2.93. The average molecular weight is 226 g/mol. The van der Waals surface area contributed by atoms with Gasteiger partial charge in [-0.15, -0.1) is 0 Å². The van der Waals surface area contributed by atoms with Crippen molar-refractivity contribution in [3.63, 3.8) is 0 Å². The first kappa shape index (κ1) is 11.2. The summed E-state index contributed by atoms with van der Waals surface area (Å²) >= 11 is 0. The summed E-state index contributed by atoms with van der Waals surface area (Å²) in [6, 6.07) is 0. The zero-order valence-corrected chi connectivity index (χ0v) is 10.0. The molecule has 90 valence electrons. The molecular weight excluding hydrogens is 208 g/mol. The summed E-state index contributed by atoms with van der Waals surface area (Å²) in [5.41, 5.74) is -0.618. The molecule has 0 aromatic rings. The van der Waals surface area contributed by atoms with E-state index < -0.39 is 5.60 Å². The van der Waals surface area contributed by atoms with Crippen molar-refractivity contribution in [1.82, 2.24) is 10.2 Å². The number of nitrogens with one attached hydrogen (secondary N) is 1. The van der Waals surface area contributed by atoms with Gasteiger partial charge in [0.05, 0.1) is 5.54 Å². The quantitative estimate of drug-likeness (QED) is 0.667. The molecule has 0 saturated carbocycles. The number of ether oxygens (including phenoxy) is 1. The molecule has 0 radical (unpaired) electrons. The lowest BCUT2D eigenvalue weighted by molar-refractivity contribution is -0.120. The summed E-state index contributed by atoms with van der Waals surface area (Å²) in [5.74, 6) is 0.0869. The highest BCUT2D eigenvalue weighted by molar-refractivity contribution is 5.81. The fourth-order valence-electron chi connectivity index (χ4n) is 2.15. The maximum atomic E-state index is 11.7. The lowest BCUT2D eigenvalue weighted by Crippen LogP contribution is -2.68. The second-order valence-corrected chi connectivity index (χ2v) is 5.66. The van der Waals surface area contributed by atoms with Crippen LogP contribution in [0.4, 0.5) is 4.79 Å². The first-order chi connectivity index (χ1) is 7.30. The normalized spacial score (nSPS) is 22.9. The van der Waals surface area contributed by atoms with Crippen LogP contribution in [0.25, 0.3) is 0 Å². The molecule has 1 spiro atoms. The molecule has 0 aromatic heterocycles. The van der Waals surface area contributed by atoms with Crippen molar-refractivity contribution in [2.24, 2.45) is 0 Å². The van der Waals surface area contributed by atoms with Crippen molar-refractivity contribution in [3.8, 4) is 0 Å². The first-order valence-corrected chi connectivity index (χ1v) is 5.59. The van der Waals surface area contributed by atoms with Crippen molar-refractivity contribution in [2.75, 3.05) is 13.1 Å². The van der Waals surface area contributed by atoms with E-state index in [1.165, 1.54) is 0 Å². The van der Waals surface area contributed by atoms with Gasteiger partial charge in [-0.25, -0.2) is 4.79 Å². The Labute approximate surface area is 95.1 Å². The van der Waals surface area contributed by atoms with Crippen LogP contribution < -0.4 is 5.32 Å². The van der Waals surface area contributed by atoms with Gasteiger partial charge in [-0.1, -0.05) is 0 Å². The fourth-order valence-corrected chi connectivity index (χ4v) is 2.15. The minimum absolute atomic E-state index is 0.0869. The second kappa shape index (κ2) is 3.37. The first-order valence-electron chi connectivity index (χ1n) is 5.59. The van der Waals surface area contributed by atoms with Crippen LogP contribution in [0.15, 0.2) is 0 Å². The third-order valence-corrected chi connectivity index (χ3v) is 2.87. The Bertz CT molecular complexity index is 327. The van der Waals surface area contributed by atoms with Crippen molar-refractivity contribution in [1.29, 1.82) is 0 Å². The Balaban J connectivity index is 1.84. The zero-order valence-electron chi connectivity index (χ0n) is 10.0. The van der Waals surface area contributed by atoms with Crippen molar-refractivity contribution in [3.05, 3.63) is 0 Å². The molecule has 0 unspecified atom stereocenters. The Morgan fingerprint density at radius 3 is 2.50 bits per heavy atom. The van der Waals surface area contributed by atoms with E-state index in [1.54, 1.807) is 4.90 Å². The van der Waals surface area contributed by atoms with Gasteiger partial charge in [0, 0.05) is 19.5 Å². The smallest absolute Gasteiger partial charge is 0.410 e. The van der Waals surface area contributed by atoms with Gasteiger partial charge in [-0.05, 0) is 27.2 Å². The molecular formula is C11H18N2O3. The van der Waals surface area contributed by atoms with E-state index in [2.05, 4.69) is 5.32 Å². The minimum atomic E-state index is -0.460. The minimum Gasteiger partial charge on any atom is -0.444 e. The van der Waals surface area contributed by atoms with Gasteiger partial charge in [0.25, 0.3) is 0 Å². The molecule has 5 heteroatoms. The number of carbonyl (C=O) groups is 2. The van der Waals surface area contributed by atoms with Crippen LogP contribution in [0.3, 0.4) is 0 Å². The van der Waals surface area contributed by atoms with Crippen LogP contribution in [0, 0.1) is 0 Å². The maximum Gasteiger partial charge on any atom is 0.410 e. The molecule has 0 aliphatic carbocycles. The summed E-state index contributed by atoms with van der Waals surface area (Å²) < 4.78 is 5.25. The van der Waals surface area contributed by atoms with Gasteiger partial charge < -0.3 is 15.0 Å². The van der Waals surface area contributed by atoms with Crippen LogP contribution in [-0.4, -0.2) is 41.1 Å². The Hall–Kier alpha value is -1.26. The zero-order chi connectivity index (χ0) is 12.0. The lowest BCUT2D eigenvalue weighted by atomic mass is 9.89. The van der Waals surface area contributed by atoms with Gasteiger partial charge in [-0.2, -0.15) is 0 Å². The molecule has 2 heterocycles. The average Bonchev–Trinajstić information content (AvgIpc) is 2.41. The van der Waals surface area contributed by atoms with E-state index in [-0.39, 0.29) is 17.5 Å². The lowest BCUT2D eigenvalue weighted by Gasteiger charge is -2.47. The molecule has 0 atom stereocenters. The number of likely N-dealkylation sites (tertiary alicyclic amines) is 1. The van der Waals surface area contributed by atoms with Gasteiger partial charge in [0.15, 0.2) is 0 Å². The number of hydrogen-bond acceptors (Lipinski definition) is 3. The molecule has 2 fully saturated rings. The highest BCUT2D eigenvalue weighted by atomic mass is 16.6. The number of nitrogens with zero attached hydrogens (tertiary/aromatic N) is 1. The highest BCUT2D eigenvalue weighted by Crippen LogP contribution is 2.31. The van der Waals surface area contributed by atoms with Gasteiger partial charge in [-0.3, -0.25) is 4.79 Å². The third kappa shape index (κ3) is 2.13.